The van der Waals surface area contributed by atoms with Gasteiger partial charge in [0.15, 0.2) is 0 Å². The number of nitrogens with one attached hydrogen (secondary N) is 3. The highest BCUT2D eigenvalue weighted by molar-refractivity contribution is 6.33. The van der Waals surface area contributed by atoms with Gasteiger partial charge in [-0.15, -0.1) is 0 Å². The molecule has 0 spiro atoms. The quantitative estimate of drug-likeness (QED) is 0.123. The lowest BCUT2D eigenvalue weighted by atomic mass is 9.99. The average molecular weight is 515 g/mol. The lowest BCUT2D eigenvalue weighted by Crippen LogP contribution is -2.18. The summed E-state index contributed by atoms with van der Waals surface area (Å²) in [5, 5.41) is 9.80. The van der Waals surface area contributed by atoms with Crippen molar-refractivity contribution in [1.82, 2.24) is 15.3 Å². The summed E-state index contributed by atoms with van der Waals surface area (Å²) < 4.78 is 0. The van der Waals surface area contributed by atoms with E-state index in [0.29, 0.717) is 0 Å². The number of nitrogen functional groups attached to an aromatic ring is 1. The van der Waals surface area contributed by atoms with E-state index in [1.54, 1.807) is 0 Å². The second-order valence-electron chi connectivity index (χ2n) is 9.53. The summed E-state index contributed by atoms with van der Waals surface area (Å²) in [4.78, 5) is 7.35. The Morgan fingerprint density at radius 1 is 0.639 bits per heavy atom. The van der Waals surface area contributed by atoms with Crippen LogP contribution in [0.15, 0.2) is 66.7 Å². The van der Waals surface area contributed by atoms with Gasteiger partial charge in [0.05, 0.1) is 11.0 Å². The Labute approximate surface area is 219 Å². The first-order chi connectivity index (χ1) is 17.6. The number of rotatable bonds is 8. The molecule has 0 aliphatic heterocycles. The molecule has 0 atom stereocenters. The standard InChI is InChI=1S/C30H28Cl2N4/c31-19-6-10-27-23(15-19)25-17-26-24-16-20(32)7-11-28(24)36-30(26)22(29(25)35-27)3-1-2-13-34-14-12-18-4-8-21(33)9-5-18/h4-11,15-17,34-36H,1-3,12-14,33H2. The summed E-state index contributed by atoms with van der Waals surface area (Å²) >= 11 is 12.7. The molecule has 6 rings (SSSR count). The van der Waals surface area contributed by atoms with E-state index in [1.165, 1.54) is 32.9 Å². The first-order valence-corrected chi connectivity index (χ1v) is 13.2. The Morgan fingerprint density at radius 3 is 1.86 bits per heavy atom. The van der Waals surface area contributed by atoms with Gasteiger partial charge in [-0.05, 0) is 98.9 Å². The van der Waals surface area contributed by atoms with E-state index in [4.69, 9.17) is 28.9 Å². The smallest absolute Gasteiger partial charge is 0.0518 e. The number of hydrogen-bond donors (Lipinski definition) is 4. The molecule has 0 amide bonds. The Hall–Kier alpha value is -3.18. The van der Waals surface area contributed by atoms with Crippen molar-refractivity contribution in [3.63, 3.8) is 0 Å². The number of H-pyrrole nitrogens is 2. The fraction of sp³-hybridized carbons (Fsp3) is 0.200. The van der Waals surface area contributed by atoms with Crippen molar-refractivity contribution in [3.8, 4) is 0 Å². The topological polar surface area (TPSA) is 69.6 Å². The van der Waals surface area contributed by atoms with E-state index < -0.39 is 0 Å². The molecule has 4 aromatic carbocycles. The highest BCUT2D eigenvalue weighted by atomic mass is 35.5. The molecule has 4 nitrogen and oxygen atoms in total. The van der Waals surface area contributed by atoms with Crippen LogP contribution in [0.3, 0.4) is 0 Å². The third kappa shape index (κ3) is 4.41. The normalized spacial score (nSPS) is 11.9. The molecule has 0 bridgehead atoms. The number of anilines is 1. The Balaban J connectivity index is 1.25. The van der Waals surface area contributed by atoms with Gasteiger partial charge in [-0.2, -0.15) is 0 Å². The summed E-state index contributed by atoms with van der Waals surface area (Å²) in [6.45, 7) is 1.97. The van der Waals surface area contributed by atoms with Crippen LogP contribution in [0, 0.1) is 0 Å². The molecule has 2 heterocycles. The lowest BCUT2D eigenvalue weighted by Gasteiger charge is -2.08. The maximum atomic E-state index is 6.37. The summed E-state index contributed by atoms with van der Waals surface area (Å²) in [7, 11) is 0. The Bertz CT molecular complexity index is 1600. The van der Waals surface area contributed by atoms with Crippen molar-refractivity contribution in [3.05, 3.63) is 87.9 Å². The van der Waals surface area contributed by atoms with Gasteiger partial charge < -0.3 is 21.0 Å². The number of halogens is 2. The Morgan fingerprint density at radius 2 is 1.25 bits per heavy atom. The molecule has 0 saturated heterocycles. The van der Waals surface area contributed by atoms with E-state index in [2.05, 4.69) is 57.7 Å². The Kier molecular flexibility index (Phi) is 6.26. The third-order valence-corrected chi connectivity index (χ3v) is 7.56. The minimum absolute atomic E-state index is 0.747. The zero-order valence-corrected chi connectivity index (χ0v) is 21.4. The summed E-state index contributed by atoms with van der Waals surface area (Å²) in [6, 6.07) is 22.5. The monoisotopic (exact) mass is 514 g/mol. The first kappa shape index (κ1) is 23.2. The predicted octanol–water partition coefficient (Wildman–Crippen LogP) is 8.00. The molecule has 0 aliphatic rings. The highest BCUT2D eigenvalue weighted by Gasteiger charge is 2.16. The molecule has 2 aromatic heterocycles. The van der Waals surface area contributed by atoms with Crippen LogP contribution in [0.1, 0.15) is 24.0 Å². The van der Waals surface area contributed by atoms with Gasteiger partial charge in [0.2, 0.25) is 0 Å². The van der Waals surface area contributed by atoms with E-state index in [0.717, 1.165) is 76.3 Å². The lowest BCUT2D eigenvalue weighted by molar-refractivity contribution is 0.623. The number of nitrogens with two attached hydrogens (primary N) is 1. The fourth-order valence-electron chi connectivity index (χ4n) is 5.26. The molecule has 182 valence electrons. The zero-order valence-electron chi connectivity index (χ0n) is 19.9. The molecule has 6 aromatic rings. The number of unbranched alkanes of at least 4 members (excludes halogenated alkanes) is 1. The summed E-state index contributed by atoms with van der Waals surface area (Å²) in [6.07, 6.45) is 4.19. The van der Waals surface area contributed by atoms with Gasteiger partial charge in [-0.25, -0.2) is 0 Å². The second kappa shape index (κ2) is 9.70. The molecule has 0 unspecified atom stereocenters. The van der Waals surface area contributed by atoms with Crippen molar-refractivity contribution in [2.45, 2.75) is 25.7 Å². The van der Waals surface area contributed by atoms with Crippen LogP contribution in [0.5, 0.6) is 0 Å². The molecule has 5 N–H and O–H groups in total. The molecule has 0 aliphatic carbocycles. The first-order valence-electron chi connectivity index (χ1n) is 12.5. The van der Waals surface area contributed by atoms with E-state index in [9.17, 15) is 0 Å². The van der Waals surface area contributed by atoms with Crippen molar-refractivity contribution in [2.75, 3.05) is 18.8 Å². The maximum absolute atomic E-state index is 6.37. The van der Waals surface area contributed by atoms with Crippen LogP contribution in [0.4, 0.5) is 5.69 Å². The van der Waals surface area contributed by atoms with Gasteiger partial charge in [-0.1, -0.05) is 35.3 Å². The van der Waals surface area contributed by atoms with Crippen LogP contribution in [-0.2, 0) is 12.8 Å². The largest absolute Gasteiger partial charge is 0.399 e. The van der Waals surface area contributed by atoms with Crippen LogP contribution in [0.2, 0.25) is 10.0 Å². The van der Waals surface area contributed by atoms with Crippen molar-refractivity contribution in [1.29, 1.82) is 0 Å². The molecule has 0 fully saturated rings. The predicted molar refractivity (Wildman–Crippen MR) is 156 cm³/mol. The molecule has 36 heavy (non-hydrogen) atoms. The number of aromatic amines is 2. The highest BCUT2D eigenvalue weighted by Crippen LogP contribution is 2.38. The van der Waals surface area contributed by atoms with Gasteiger partial charge in [0.1, 0.15) is 0 Å². The number of aryl methyl sites for hydroxylation is 1. The second-order valence-corrected chi connectivity index (χ2v) is 10.4. The van der Waals surface area contributed by atoms with Crippen LogP contribution >= 0.6 is 23.2 Å². The minimum Gasteiger partial charge on any atom is -0.399 e. The molecular weight excluding hydrogens is 487 g/mol. The van der Waals surface area contributed by atoms with Crippen LogP contribution < -0.4 is 11.1 Å². The molecule has 0 saturated carbocycles. The van der Waals surface area contributed by atoms with Gasteiger partial charge in [0.25, 0.3) is 0 Å². The van der Waals surface area contributed by atoms with Gasteiger partial charge >= 0.3 is 0 Å². The zero-order chi connectivity index (χ0) is 24.6. The maximum Gasteiger partial charge on any atom is 0.0518 e. The SMILES string of the molecule is Nc1ccc(CCNCCCCc2c3[nH]c4ccc(Cl)cc4c3cc3c2[nH]c2ccc(Cl)cc23)cc1. The minimum atomic E-state index is 0.747. The van der Waals surface area contributed by atoms with E-state index in [-0.39, 0.29) is 0 Å². The fourth-order valence-corrected chi connectivity index (χ4v) is 5.60. The third-order valence-electron chi connectivity index (χ3n) is 7.09. The van der Waals surface area contributed by atoms with Crippen molar-refractivity contribution >= 4 is 72.5 Å². The molecule has 0 radical (unpaired) electrons. The van der Waals surface area contributed by atoms with E-state index in [1.807, 2.05) is 24.3 Å². The summed E-state index contributed by atoms with van der Waals surface area (Å²) in [5.41, 5.74) is 13.8. The number of hydrogen-bond acceptors (Lipinski definition) is 2. The molecule has 6 heteroatoms. The summed E-state index contributed by atoms with van der Waals surface area (Å²) in [5.74, 6) is 0. The van der Waals surface area contributed by atoms with Crippen molar-refractivity contribution < 1.29 is 0 Å². The van der Waals surface area contributed by atoms with Gasteiger partial charge in [-0.3, -0.25) is 0 Å². The van der Waals surface area contributed by atoms with Gasteiger partial charge in [0, 0.05) is 53.9 Å². The average Bonchev–Trinajstić information content (AvgIpc) is 3.42. The van der Waals surface area contributed by atoms with Crippen LogP contribution in [0.25, 0.3) is 43.6 Å². The molecular formula is C30H28Cl2N4. The number of benzene rings is 4. The van der Waals surface area contributed by atoms with Crippen LogP contribution in [-0.4, -0.2) is 23.1 Å². The number of fused-ring (bicyclic) bond motifs is 6. The van der Waals surface area contributed by atoms with E-state index >= 15 is 0 Å². The number of aromatic nitrogens is 2. The van der Waals surface area contributed by atoms with Crippen molar-refractivity contribution in [2.24, 2.45) is 0 Å².